The Morgan fingerprint density at radius 3 is 2.65 bits per heavy atom. The molecule has 0 bridgehead atoms. The van der Waals surface area contributed by atoms with Gasteiger partial charge in [-0.05, 0) is 41.5 Å². The highest BCUT2D eigenvalue weighted by Crippen LogP contribution is 2.36. The second-order valence-electron chi connectivity index (χ2n) is 6.83. The van der Waals surface area contributed by atoms with Crippen LogP contribution in [0.15, 0.2) is 53.8 Å². The molecule has 0 spiro atoms. The number of halogens is 2. The van der Waals surface area contributed by atoms with Crippen LogP contribution in [0, 0.1) is 0 Å². The first-order valence-electron chi connectivity index (χ1n) is 9.65. The maximum atomic E-state index is 10.5. The second kappa shape index (κ2) is 12.7. The molecule has 4 N–H and O–H groups in total. The summed E-state index contributed by atoms with van der Waals surface area (Å²) in [5.74, 6) is 0.339. The lowest BCUT2D eigenvalue weighted by Gasteiger charge is -2.15. The van der Waals surface area contributed by atoms with E-state index in [1.807, 2.05) is 0 Å². The van der Waals surface area contributed by atoms with Gasteiger partial charge < -0.3 is 29.9 Å². The molecule has 2 atom stereocenters. The molecule has 0 saturated heterocycles. The van der Waals surface area contributed by atoms with E-state index in [2.05, 4.69) is 5.73 Å². The summed E-state index contributed by atoms with van der Waals surface area (Å²) in [7, 11) is 1.52. The van der Waals surface area contributed by atoms with Crippen molar-refractivity contribution >= 4 is 23.2 Å². The summed E-state index contributed by atoms with van der Waals surface area (Å²) >= 11 is 11.9. The van der Waals surface area contributed by atoms with Crippen molar-refractivity contribution < 1.29 is 29.9 Å². The molecule has 8 heteroatoms. The van der Waals surface area contributed by atoms with Gasteiger partial charge in [0.05, 0.1) is 30.4 Å². The number of phenolic OH excluding ortho intramolecular Hbond substituents is 1. The Kier molecular flexibility index (Phi) is 10.4. The fraction of sp³-hybridized carbons (Fsp3) is 0.348. The van der Waals surface area contributed by atoms with Crippen molar-refractivity contribution in [2.24, 2.45) is 0 Å². The van der Waals surface area contributed by atoms with Gasteiger partial charge in [-0.25, -0.2) is 0 Å². The van der Waals surface area contributed by atoms with Crippen molar-refractivity contribution in [3.05, 3.63) is 75.0 Å². The van der Waals surface area contributed by atoms with E-state index in [-0.39, 0.29) is 49.0 Å². The molecular weight excluding hydrogens is 443 g/mol. The van der Waals surface area contributed by atoms with Gasteiger partial charge in [-0.15, -0.1) is 5.73 Å². The molecule has 0 fully saturated rings. The number of phenols is 1. The van der Waals surface area contributed by atoms with Gasteiger partial charge in [0.1, 0.15) is 18.1 Å². The minimum absolute atomic E-state index is 0.0580. The van der Waals surface area contributed by atoms with Gasteiger partial charge in [0.2, 0.25) is 0 Å². The smallest absolute Gasteiger partial charge is 0.140 e. The molecule has 0 aromatic heterocycles. The van der Waals surface area contributed by atoms with Crippen LogP contribution in [0.2, 0.25) is 10.0 Å². The van der Waals surface area contributed by atoms with Gasteiger partial charge in [-0.3, -0.25) is 0 Å². The number of aromatic hydroxyl groups is 1. The van der Waals surface area contributed by atoms with Crippen molar-refractivity contribution in [3.8, 4) is 11.5 Å². The Hall–Kier alpha value is -2.02. The number of ether oxygens (including phenoxy) is 2. The van der Waals surface area contributed by atoms with E-state index < -0.39 is 12.2 Å². The van der Waals surface area contributed by atoms with E-state index in [1.54, 1.807) is 30.3 Å². The molecular formula is C23H26Cl2O6. The molecule has 0 saturated carbocycles. The summed E-state index contributed by atoms with van der Waals surface area (Å²) in [6, 6.07) is 9.85. The lowest BCUT2D eigenvalue weighted by Crippen LogP contribution is -2.04. The first-order valence-corrected chi connectivity index (χ1v) is 10.4. The van der Waals surface area contributed by atoms with Crippen LogP contribution in [0.25, 0.3) is 0 Å². The Morgan fingerprint density at radius 2 is 1.94 bits per heavy atom. The standard InChI is InChI=1S/C23H26Cl2O6/c1-30-14-15(10-22(28)19-12-17(24)13-20(25)23(19)29)4-2-7-21(27)16-5-3-6-18(11-16)31-9-8-26/h2-3,5-6,11-13,21-22,26-29H,7-10,14H2,1H3/t4?,21-,22-/m1/s1. The lowest BCUT2D eigenvalue weighted by atomic mass is 10.0. The lowest BCUT2D eigenvalue weighted by molar-refractivity contribution is 0.161. The zero-order chi connectivity index (χ0) is 22.8. The third-order valence-electron chi connectivity index (χ3n) is 4.43. The quantitative estimate of drug-likeness (QED) is 0.366. The van der Waals surface area contributed by atoms with Crippen LogP contribution >= 0.6 is 23.2 Å². The molecule has 0 aliphatic rings. The number of aliphatic hydroxyl groups is 3. The van der Waals surface area contributed by atoms with Crippen molar-refractivity contribution in [3.63, 3.8) is 0 Å². The molecule has 0 heterocycles. The van der Waals surface area contributed by atoms with Gasteiger partial charge in [0.15, 0.2) is 0 Å². The fourth-order valence-corrected chi connectivity index (χ4v) is 3.45. The Bertz CT molecular complexity index is 924. The van der Waals surface area contributed by atoms with Crippen LogP contribution in [0.1, 0.15) is 36.2 Å². The zero-order valence-corrected chi connectivity index (χ0v) is 18.6. The van der Waals surface area contributed by atoms with E-state index in [0.717, 1.165) is 0 Å². The average Bonchev–Trinajstić information content (AvgIpc) is 2.74. The first-order chi connectivity index (χ1) is 14.8. The minimum atomic E-state index is -1.06. The van der Waals surface area contributed by atoms with Gasteiger partial charge in [-0.1, -0.05) is 35.3 Å². The summed E-state index contributed by atoms with van der Waals surface area (Å²) in [4.78, 5) is 0. The largest absolute Gasteiger partial charge is 0.506 e. The molecule has 0 unspecified atom stereocenters. The molecule has 0 amide bonds. The molecule has 2 aromatic rings. The van der Waals surface area contributed by atoms with Crippen molar-refractivity contribution in [1.29, 1.82) is 0 Å². The number of hydrogen-bond acceptors (Lipinski definition) is 6. The highest BCUT2D eigenvalue weighted by molar-refractivity contribution is 6.35. The first kappa shape index (κ1) is 25.2. The fourth-order valence-electron chi connectivity index (χ4n) is 2.94. The van der Waals surface area contributed by atoms with Crippen molar-refractivity contribution in [1.82, 2.24) is 0 Å². The molecule has 0 aliphatic heterocycles. The van der Waals surface area contributed by atoms with E-state index in [1.165, 1.54) is 19.2 Å². The molecule has 0 radical (unpaired) electrons. The number of benzene rings is 2. The van der Waals surface area contributed by atoms with E-state index in [0.29, 0.717) is 21.9 Å². The summed E-state index contributed by atoms with van der Waals surface area (Å²) in [6.45, 7) is 0.301. The summed E-state index contributed by atoms with van der Waals surface area (Å²) in [5.41, 5.74) is 4.57. The number of hydrogen-bond donors (Lipinski definition) is 4. The van der Waals surface area contributed by atoms with Crippen LogP contribution < -0.4 is 4.74 Å². The predicted octanol–water partition coefficient (Wildman–Crippen LogP) is 4.35. The van der Waals surface area contributed by atoms with Crippen LogP contribution in [0.3, 0.4) is 0 Å². The highest BCUT2D eigenvalue weighted by atomic mass is 35.5. The van der Waals surface area contributed by atoms with Crippen LogP contribution in [0.5, 0.6) is 11.5 Å². The number of rotatable bonds is 11. The zero-order valence-electron chi connectivity index (χ0n) is 17.1. The van der Waals surface area contributed by atoms with E-state index in [4.69, 9.17) is 37.8 Å². The normalized spacial score (nSPS) is 12.7. The van der Waals surface area contributed by atoms with Crippen molar-refractivity contribution in [2.75, 3.05) is 26.9 Å². The third kappa shape index (κ3) is 7.87. The van der Waals surface area contributed by atoms with Crippen LogP contribution in [0.4, 0.5) is 0 Å². The Balaban J connectivity index is 2.11. The molecule has 2 rings (SSSR count). The minimum Gasteiger partial charge on any atom is -0.506 e. The number of methoxy groups -OCH3 is 1. The van der Waals surface area contributed by atoms with E-state index in [9.17, 15) is 15.3 Å². The number of aliphatic hydroxyl groups excluding tert-OH is 3. The molecule has 168 valence electrons. The highest BCUT2D eigenvalue weighted by Gasteiger charge is 2.17. The van der Waals surface area contributed by atoms with Gasteiger partial charge in [-0.2, -0.15) is 0 Å². The summed E-state index contributed by atoms with van der Waals surface area (Å²) in [5, 5.41) is 40.3. The third-order valence-corrected chi connectivity index (χ3v) is 4.93. The Labute approximate surface area is 191 Å². The van der Waals surface area contributed by atoms with Crippen LogP contribution in [-0.2, 0) is 4.74 Å². The predicted molar refractivity (Wildman–Crippen MR) is 120 cm³/mol. The van der Waals surface area contributed by atoms with E-state index >= 15 is 0 Å². The SMILES string of the molecule is COCC(=C=CC[C@@H](O)c1cccc(OCCO)c1)C[C@@H](O)c1cc(Cl)cc(Cl)c1O. The molecule has 6 nitrogen and oxygen atoms in total. The monoisotopic (exact) mass is 468 g/mol. The second-order valence-corrected chi connectivity index (χ2v) is 7.67. The van der Waals surface area contributed by atoms with Crippen molar-refractivity contribution in [2.45, 2.75) is 25.0 Å². The summed E-state index contributed by atoms with van der Waals surface area (Å²) < 4.78 is 10.5. The average molecular weight is 469 g/mol. The van der Waals surface area contributed by atoms with Crippen LogP contribution in [-0.4, -0.2) is 47.4 Å². The van der Waals surface area contributed by atoms with Gasteiger partial charge in [0.25, 0.3) is 0 Å². The topological polar surface area (TPSA) is 99.4 Å². The Morgan fingerprint density at radius 1 is 1.16 bits per heavy atom. The molecule has 31 heavy (non-hydrogen) atoms. The maximum absolute atomic E-state index is 10.5. The molecule has 0 aliphatic carbocycles. The molecule has 2 aromatic carbocycles. The van der Waals surface area contributed by atoms with Gasteiger partial charge in [0, 0.05) is 30.5 Å². The maximum Gasteiger partial charge on any atom is 0.140 e. The summed E-state index contributed by atoms with van der Waals surface area (Å²) in [6.07, 6.45) is 0.232. The van der Waals surface area contributed by atoms with Gasteiger partial charge >= 0.3 is 0 Å².